The summed E-state index contributed by atoms with van der Waals surface area (Å²) >= 11 is 0. The molecule has 0 aliphatic rings. The Morgan fingerprint density at radius 3 is 1.95 bits per heavy atom. The molecule has 1 rings (SSSR count). The molecule has 11 heteroatoms. The van der Waals surface area contributed by atoms with Crippen LogP contribution in [0.2, 0.25) is 0 Å². The Balaban J connectivity index is 3.25. The molecule has 0 aliphatic heterocycles. The summed E-state index contributed by atoms with van der Waals surface area (Å²) in [6.45, 7) is 12.3. The molecule has 1 amide bonds. The highest BCUT2D eigenvalue weighted by molar-refractivity contribution is 5.83. The van der Waals surface area contributed by atoms with Gasteiger partial charge in [0.2, 0.25) is 0 Å². The van der Waals surface area contributed by atoms with Crippen LogP contribution in [0.3, 0.4) is 0 Å². The first-order chi connectivity index (χ1) is 17.4. The third kappa shape index (κ3) is 12.3. The fraction of sp³-hybridized carbons (Fsp3) is 0.615. The van der Waals surface area contributed by atoms with E-state index in [0.717, 1.165) is 5.56 Å². The molecular formula is C26H40N2O9. The molecule has 0 saturated heterocycles. The second kappa shape index (κ2) is 15.6. The molecule has 0 heterocycles. The highest BCUT2D eigenvalue weighted by Crippen LogP contribution is 2.32. The van der Waals surface area contributed by atoms with Crippen molar-refractivity contribution < 1.29 is 42.9 Å². The lowest BCUT2D eigenvalue weighted by molar-refractivity contribution is -0.146. The standard InChI is InChI=1S/C26H40N2O9/c1-8-33-22(29)15-28(16-23(30)34-9-2)20-12-11-19(13-21(20)36-17-24(31)35-10-3)18(4)14-27-25(32)37-26(5,6)7/h11-13,18H,8-10,14-17H2,1-7H3,(H,27,32). The number of carbonyl (C=O) groups is 4. The van der Waals surface area contributed by atoms with E-state index in [1.165, 1.54) is 4.90 Å². The number of benzene rings is 1. The first-order valence-corrected chi connectivity index (χ1v) is 12.3. The van der Waals surface area contributed by atoms with E-state index >= 15 is 0 Å². The number of carbonyl (C=O) groups excluding carboxylic acids is 4. The summed E-state index contributed by atoms with van der Waals surface area (Å²) in [5.74, 6) is -1.55. The van der Waals surface area contributed by atoms with Crippen molar-refractivity contribution in [2.24, 2.45) is 0 Å². The van der Waals surface area contributed by atoms with Crippen LogP contribution in [0, 0.1) is 0 Å². The molecule has 1 aromatic carbocycles. The minimum Gasteiger partial charge on any atom is -0.480 e. The van der Waals surface area contributed by atoms with Crippen LogP contribution in [0.25, 0.3) is 0 Å². The molecular weight excluding hydrogens is 484 g/mol. The molecule has 1 N–H and O–H groups in total. The van der Waals surface area contributed by atoms with E-state index in [9.17, 15) is 19.2 Å². The van der Waals surface area contributed by atoms with Gasteiger partial charge < -0.3 is 33.9 Å². The van der Waals surface area contributed by atoms with Crippen molar-refractivity contribution in [2.45, 2.75) is 60.0 Å². The van der Waals surface area contributed by atoms with Gasteiger partial charge in [-0.25, -0.2) is 9.59 Å². The molecule has 208 valence electrons. The van der Waals surface area contributed by atoms with E-state index in [1.807, 2.05) is 6.92 Å². The lowest BCUT2D eigenvalue weighted by atomic mass is 10.00. The van der Waals surface area contributed by atoms with Crippen LogP contribution in [-0.2, 0) is 33.3 Å². The van der Waals surface area contributed by atoms with Crippen molar-refractivity contribution in [1.29, 1.82) is 0 Å². The molecule has 0 radical (unpaired) electrons. The van der Waals surface area contributed by atoms with Crippen LogP contribution in [0.5, 0.6) is 5.75 Å². The summed E-state index contributed by atoms with van der Waals surface area (Å²) in [5, 5.41) is 2.73. The Labute approximate surface area is 218 Å². The smallest absolute Gasteiger partial charge is 0.407 e. The molecule has 0 saturated carbocycles. The fourth-order valence-corrected chi connectivity index (χ4v) is 3.17. The topological polar surface area (TPSA) is 130 Å². The van der Waals surface area contributed by atoms with Gasteiger partial charge in [-0.05, 0) is 65.2 Å². The van der Waals surface area contributed by atoms with E-state index < -0.39 is 29.6 Å². The maximum Gasteiger partial charge on any atom is 0.407 e. The second-order valence-electron chi connectivity index (χ2n) is 9.07. The van der Waals surface area contributed by atoms with Crippen LogP contribution in [0.15, 0.2) is 18.2 Å². The largest absolute Gasteiger partial charge is 0.480 e. The van der Waals surface area contributed by atoms with Crippen LogP contribution in [0.4, 0.5) is 10.5 Å². The number of rotatable bonds is 14. The zero-order chi connectivity index (χ0) is 28.0. The first-order valence-electron chi connectivity index (χ1n) is 12.3. The Kier molecular flexibility index (Phi) is 13.3. The van der Waals surface area contributed by atoms with Crippen molar-refractivity contribution in [3.8, 4) is 5.75 Å². The number of anilines is 1. The highest BCUT2D eigenvalue weighted by Gasteiger charge is 2.23. The SMILES string of the molecule is CCOC(=O)COc1cc(C(C)CNC(=O)OC(C)(C)C)ccc1N(CC(=O)OCC)CC(=O)OCC. The lowest BCUT2D eigenvalue weighted by Gasteiger charge is -2.26. The minimum absolute atomic E-state index is 0.157. The predicted molar refractivity (Wildman–Crippen MR) is 137 cm³/mol. The number of esters is 3. The van der Waals surface area contributed by atoms with Crippen LogP contribution < -0.4 is 15.0 Å². The molecule has 0 spiro atoms. The summed E-state index contributed by atoms with van der Waals surface area (Å²) < 4.78 is 26.1. The van der Waals surface area contributed by atoms with Gasteiger partial charge in [0.1, 0.15) is 24.4 Å². The third-order valence-corrected chi connectivity index (χ3v) is 4.75. The van der Waals surface area contributed by atoms with Crippen molar-refractivity contribution in [1.82, 2.24) is 5.32 Å². The van der Waals surface area contributed by atoms with Gasteiger partial charge in [-0.3, -0.25) is 9.59 Å². The molecule has 11 nitrogen and oxygen atoms in total. The number of ether oxygens (including phenoxy) is 5. The Morgan fingerprint density at radius 2 is 1.43 bits per heavy atom. The molecule has 1 aromatic rings. The highest BCUT2D eigenvalue weighted by atomic mass is 16.6. The van der Waals surface area contributed by atoms with E-state index in [2.05, 4.69) is 5.32 Å². The van der Waals surface area contributed by atoms with Gasteiger partial charge in [-0.2, -0.15) is 0 Å². The summed E-state index contributed by atoms with van der Waals surface area (Å²) in [4.78, 5) is 50.0. The quantitative estimate of drug-likeness (QED) is 0.286. The van der Waals surface area contributed by atoms with Gasteiger partial charge in [0.15, 0.2) is 6.61 Å². The Hall–Kier alpha value is -3.50. The van der Waals surface area contributed by atoms with E-state index in [-0.39, 0.29) is 57.7 Å². The van der Waals surface area contributed by atoms with Gasteiger partial charge in [-0.15, -0.1) is 0 Å². The van der Waals surface area contributed by atoms with Crippen molar-refractivity contribution in [3.05, 3.63) is 23.8 Å². The number of alkyl carbamates (subject to hydrolysis) is 1. The zero-order valence-electron chi connectivity index (χ0n) is 22.9. The summed E-state index contributed by atoms with van der Waals surface area (Å²) in [6, 6.07) is 5.16. The van der Waals surface area contributed by atoms with Crippen LogP contribution in [-0.4, -0.2) is 75.7 Å². The second-order valence-corrected chi connectivity index (χ2v) is 9.07. The number of nitrogens with one attached hydrogen (secondary N) is 1. The molecule has 1 atom stereocenters. The number of nitrogens with zero attached hydrogens (tertiary/aromatic N) is 1. The molecule has 1 unspecified atom stereocenters. The molecule has 0 fully saturated rings. The average molecular weight is 525 g/mol. The Morgan fingerprint density at radius 1 is 0.892 bits per heavy atom. The number of amides is 1. The fourth-order valence-electron chi connectivity index (χ4n) is 3.17. The van der Waals surface area contributed by atoms with Gasteiger partial charge in [0.25, 0.3) is 0 Å². The van der Waals surface area contributed by atoms with Crippen molar-refractivity contribution in [3.63, 3.8) is 0 Å². The number of hydrogen-bond acceptors (Lipinski definition) is 10. The Bertz CT molecular complexity index is 892. The third-order valence-electron chi connectivity index (χ3n) is 4.75. The van der Waals surface area contributed by atoms with Crippen molar-refractivity contribution >= 4 is 29.7 Å². The van der Waals surface area contributed by atoms with Crippen LogP contribution in [0.1, 0.15) is 59.9 Å². The lowest BCUT2D eigenvalue weighted by Crippen LogP contribution is -2.36. The summed E-state index contributed by atoms with van der Waals surface area (Å²) in [6.07, 6.45) is -0.537. The van der Waals surface area contributed by atoms with E-state index in [1.54, 1.807) is 59.7 Å². The number of hydrogen-bond donors (Lipinski definition) is 1. The van der Waals surface area contributed by atoms with Gasteiger partial charge >= 0.3 is 24.0 Å². The van der Waals surface area contributed by atoms with E-state index in [0.29, 0.717) is 5.69 Å². The van der Waals surface area contributed by atoms with Gasteiger partial charge in [-0.1, -0.05) is 13.0 Å². The average Bonchev–Trinajstić information content (AvgIpc) is 2.80. The molecule has 0 aliphatic carbocycles. The molecule has 0 aromatic heterocycles. The monoisotopic (exact) mass is 524 g/mol. The van der Waals surface area contributed by atoms with E-state index in [4.69, 9.17) is 23.7 Å². The zero-order valence-corrected chi connectivity index (χ0v) is 22.9. The minimum atomic E-state index is -0.621. The first kappa shape index (κ1) is 31.5. The predicted octanol–water partition coefficient (Wildman–Crippen LogP) is 3.19. The summed E-state index contributed by atoms with van der Waals surface area (Å²) in [5.41, 5.74) is 0.553. The maximum absolute atomic E-state index is 12.3. The van der Waals surface area contributed by atoms with Crippen LogP contribution >= 0.6 is 0 Å². The molecule has 0 bridgehead atoms. The maximum atomic E-state index is 12.3. The normalized spacial score (nSPS) is 11.6. The van der Waals surface area contributed by atoms with Gasteiger partial charge in [0, 0.05) is 6.54 Å². The summed E-state index contributed by atoms with van der Waals surface area (Å²) in [7, 11) is 0. The van der Waals surface area contributed by atoms with Crippen molar-refractivity contribution in [2.75, 3.05) is 51.0 Å². The van der Waals surface area contributed by atoms with Gasteiger partial charge in [0.05, 0.1) is 25.5 Å². The molecule has 37 heavy (non-hydrogen) atoms.